The summed E-state index contributed by atoms with van der Waals surface area (Å²) in [5.41, 5.74) is 2.63. The van der Waals surface area contributed by atoms with E-state index in [1.165, 1.54) is 0 Å². The van der Waals surface area contributed by atoms with Crippen LogP contribution in [0.25, 0.3) is 0 Å². The summed E-state index contributed by atoms with van der Waals surface area (Å²) in [5.74, 6) is 3.68. The summed E-state index contributed by atoms with van der Waals surface area (Å²) in [6.45, 7) is 5.57. The van der Waals surface area contributed by atoms with Gasteiger partial charge in [-0.2, -0.15) is 15.0 Å². The third kappa shape index (κ3) is 6.64. The van der Waals surface area contributed by atoms with Gasteiger partial charge >= 0.3 is 0 Å². The van der Waals surface area contributed by atoms with Crippen molar-refractivity contribution < 1.29 is 4.84 Å². The first kappa shape index (κ1) is 17.2. The molecule has 0 aliphatic heterocycles. The van der Waals surface area contributed by atoms with Crippen LogP contribution in [0, 0.1) is 12.3 Å². The number of nitrogens with one attached hydrogen (secondary N) is 3. The molecular formula is C11H19ClN6O. The first-order valence-corrected chi connectivity index (χ1v) is 5.85. The van der Waals surface area contributed by atoms with E-state index >= 15 is 0 Å². The third-order valence-electron chi connectivity index (χ3n) is 1.82. The molecular weight excluding hydrogens is 268 g/mol. The molecule has 106 valence electrons. The lowest BCUT2D eigenvalue weighted by Gasteiger charge is -2.09. The van der Waals surface area contributed by atoms with Crippen molar-refractivity contribution in [3.05, 3.63) is 0 Å². The molecule has 3 N–H and O–H groups in total. The molecule has 1 heterocycles. The smallest absolute Gasteiger partial charge is 0.253 e. The Labute approximate surface area is 119 Å². The van der Waals surface area contributed by atoms with E-state index in [0.29, 0.717) is 31.0 Å². The molecule has 0 saturated carbocycles. The Morgan fingerprint density at radius 1 is 1.11 bits per heavy atom. The van der Waals surface area contributed by atoms with Gasteiger partial charge in [-0.3, -0.25) is 4.84 Å². The summed E-state index contributed by atoms with van der Waals surface area (Å²) in [4.78, 5) is 17.5. The zero-order chi connectivity index (χ0) is 13.2. The van der Waals surface area contributed by atoms with Crippen LogP contribution in [-0.4, -0.2) is 34.6 Å². The highest BCUT2D eigenvalue weighted by molar-refractivity contribution is 5.85. The number of aromatic nitrogens is 3. The minimum Gasteiger partial charge on any atom is -0.354 e. The van der Waals surface area contributed by atoms with Crippen molar-refractivity contribution in [3.8, 4) is 12.3 Å². The lowest BCUT2D eigenvalue weighted by atomic mass is 10.5. The molecule has 0 atom stereocenters. The van der Waals surface area contributed by atoms with Gasteiger partial charge in [-0.05, 0) is 13.3 Å². The van der Waals surface area contributed by atoms with Crippen LogP contribution in [0.15, 0.2) is 0 Å². The van der Waals surface area contributed by atoms with Gasteiger partial charge in [0.05, 0.1) is 13.2 Å². The molecule has 0 amide bonds. The van der Waals surface area contributed by atoms with Gasteiger partial charge in [0.15, 0.2) is 0 Å². The van der Waals surface area contributed by atoms with Crippen molar-refractivity contribution in [3.63, 3.8) is 0 Å². The summed E-state index contributed by atoms with van der Waals surface area (Å²) >= 11 is 0. The zero-order valence-corrected chi connectivity index (χ0v) is 11.9. The highest BCUT2D eigenvalue weighted by Crippen LogP contribution is 2.09. The van der Waals surface area contributed by atoms with E-state index in [1.807, 2.05) is 6.92 Å². The Hall–Kier alpha value is -1.78. The summed E-state index contributed by atoms with van der Waals surface area (Å²) in [7, 11) is 0. The van der Waals surface area contributed by atoms with Gasteiger partial charge in [0.2, 0.25) is 11.9 Å². The molecule has 19 heavy (non-hydrogen) atoms. The van der Waals surface area contributed by atoms with Gasteiger partial charge in [-0.15, -0.1) is 18.8 Å². The minimum absolute atomic E-state index is 0. The average Bonchev–Trinajstić information content (AvgIpc) is 2.40. The van der Waals surface area contributed by atoms with E-state index in [1.54, 1.807) is 0 Å². The second kappa shape index (κ2) is 10.2. The number of halogens is 1. The van der Waals surface area contributed by atoms with E-state index in [4.69, 9.17) is 11.3 Å². The van der Waals surface area contributed by atoms with Crippen LogP contribution in [0.3, 0.4) is 0 Å². The molecule has 1 aromatic heterocycles. The molecule has 1 aromatic rings. The highest BCUT2D eigenvalue weighted by Gasteiger charge is 2.05. The van der Waals surface area contributed by atoms with Crippen molar-refractivity contribution in [1.82, 2.24) is 15.0 Å². The van der Waals surface area contributed by atoms with E-state index < -0.39 is 0 Å². The van der Waals surface area contributed by atoms with Gasteiger partial charge in [-0.1, -0.05) is 12.8 Å². The van der Waals surface area contributed by atoms with Crippen LogP contribution in [0.1, 0.15) is 20.3 Å². The van der Waals surface area contributed by atoms with Gasteiger partial charge in [0, 0.05) is 6.54 Å². The Bertz CT molecular complexity index is 382. The predicted octanol–water partition coefficient (Wildman–Crippen LogP) is 1.52. The maximum Gasteiger partial charge on any atom is 0.253 e. The fraction of sp³-hybridized carbons (Fsp3) is 0.545. The van der Waals surface area contributed by atoms with Crippen molar-refractivity contribution >= 4 is 30.3 Å². The lowest BCUT2D eigenvalue weighted by Crippen LogP contribution is -2.13. The van der Waals surface area contributed by atoms with Crippen molar-refractivity contribution in [1.29, 1.82) is 0 Å². The van der Waals surface area contributed by atoms with Gasteiger partial charge < -0.3 is 10.6 Å². The Kier molecular flexibility index (Phi) is 9.22. The molecule has 0 aliphatic rings. The van der Waals surface area contributed by atoms with Crippen LogP contribution in [-0.2, 0) is 4.84 Å². The van der Waals surface area contributed by atoms with E-state index in [9.17, 15) is 0 Å². The maximum atomic E-state index is 5.17. The topological polar surface area (TPSA) is 84.0 Å². The Balaban J connectivity index is 0.00000324. The van der Waals surface area contributed by atoms with Gasteiger partial charge in [0.25, 0.3) is 5.95 Å². The molecule has 0 fully saturated rings. The second-order valence-corrected chi connectivity index (χ2v) is 3.33. The number of hydrogen-bond acceptors (Lipinski definition) is 7. The number of nitrogens with zero attached hydrogens (tertiary/aromatic N) is 3. The Morgan fingerprint density at radius 2 is 1.74 bits per heavy atom. The average molecular weight is 287 g/mol. The van der Waals surface area contributed by atoms with Crippen molar-refractivity contribution in [2.45, 2.75) is 20.3 Å². The first-order valence-electron chi connectivity index (χ1n) is 5.85. The predicted molar refractivity (Wildman–Crippen MR) is 78.4 cm³/mol. The highest BCUT2D eigenvalue weighted by atomic mass is 35.5. The summed E-state index contributed by atoms with van der Waals surface area (Å²) in [6, 6.07) is 0. The van der Waals surface area contributed by atoms with Crippen molar-refractivity contribution in [2.75, 3.05) is 35.8 Å². The number of anilines is 3. The molecule has 0 bridgehead atoms. The zero-order valence-electron chi connectivity index (χ0n) is 11.1. The van der Waals surface area contributed by atoms with Crippen LogP contribution >= 0.6 is 12.4 Å². The summed E-state index contributed by atoms with van der Waals surface area (Å²) < 4.78 is 0. The molecule has 0 radical (unpaired) electrons. The second-order valence-electron chi connectivity index (χ2n) is 3.33. The van der Waals surface area contributed by atoms with E-state index in [2.05, 4.69) is 43.9 Å². The first-order chi connectivity index (χ1) is 8.80. The Morgan fingerprint density at radius 3 is 2.32 bits per heavy atom. The molecule has 1 rings (SSSR count). The van der Waals surface area contributed by atoms with Crippen LogP contribution in [0.5, 0.6) is 0 Å². The largest absolute Gasteiger partial charge is 0.354 e. The summed E-state index contributed by atoms with van der Waals surface area (Å²) in [6.07, 6.45) is 6.15. The van der Waals surface area contributed by atoms with Crippen molar-refractivity contribution in [2.24, 2.45) is 0 Å². The molecule has 8 heteroatoms. The van der Waals surface area contributed by atoms with Crippen LogP contribution < -0.4 is 16.1 Å². The van der Waals surface area contributed by atoms with E-state index in [0.717, 1.165) is 13.0 Å². The molecule has 0 spiro atoms. The molecule has 0 saturated heterocycles. The number of hydrogen-bond donors (Lipinski definition) is 3. The van der Waals surface area contributed by atoms with E-state index in [-0.39, 0.29) is 12.4 Å². The lowest BCUT2D eigenvalue weighted by molar-refractivity contribution is 0.207. The molecule has 0 unspecified atom stereocenters. The molecule has 0 aromatic carbocycles. The fourth-order valence-corrected chi connectivity index (χ4v) is 1.08. The standard InChI is InChI=1S/C11H18N6O.ClH/c1-4-7-12-9-14-10(13-8-5-2)16-11(15-9)17-18-6-3;/h1H,5-8H2,2-3H3,(H3,12,13,14,15,16,17);1H. The van der Waals surface area contributed by atoms with Gasteiger partial charge in [-0.25, -0.2) is 5.48 Å². The normalized spacial score (nSPS) is 9.11. The fourth-order valence-electron chi connectivity index (χ4n) is 1.08. The minimum atomic E-state index is 0. The molecule has 7 nitrogen and oxygen atoms in total. The quantitative estimate of drug-likeness (QED) is 0.493. The van der Waals surface area contributed by atoms with Gasteiger partial charge in [0.1, 0.15) is 0 Å². The number of terminal acetylenes is 1. The van der Waals surface area contributed by atoms with Crippen LogP contribution in [0.4, 0.5) is 17.8 Å². The molecule has 0 aliphatic carbocycles. The maximum absolute atomic E-state index is 5.17. The number of rotatable bonds is 8. The monoisotopic (exact) mass is 286 g/mol. The summed E-state index contributed by atoms with van der Waals surface area (Å²) in [5, 5.41) is 5.97. The third-order valence-corrected chi connectivity index (χ3v) is 1.82. The SMILES string of the molecule is C#CCNc1nc(NCCC)nc(NOCC)n1.Cl. The van der Waals surface area contributed by atoms with Crippen LogP contribution in [0.2, 0.25) is 0 Å².